The fraction of sp³-hybridized carbons (Fsp3) is 0.500. The van der Waals surface area contributed by atoms with Crippen molar-refractivity contribution in [1.82, 2.24) is 4.98 Å². The molecule has 0 aliphatic carbocycles. The van der Waals surface area contributed by atoms with E-state index < -0.39 is 34.8 Å². The molecule has 1 amide bonds. The molecule has 1 aromatic rings. The number of amides is 1. The smallest absolute Gasteiger partial charge is 0.366 e. The molecule has 0 aromatic carbocycles. The lowest BCUT2D eigenvalue weighted by molar-refractivity contribution is -0.389. The molecule has 1 aliphatic heterocycles. The van der Waals surface area contributed by atoms with E-state index in [-0.39, 0.29) is 24.6 Å². The van der Waals surface area contributed by atoms with Gasteiger partial charge in [0.25, 0.3) is 11.7 Å². The molecule has 1 aromatic heterocycles. The fourth-order valence-corrected chi connectivity index (χ4v) is 2.33. The van der Waals surface area contributed by atoms with Crippen LogP contribution in [-0.2, 0) is 14.3 Å². The highest BCUT2D eigenvalue weighted by Crippen LogP contribution is 2.35. The van der Waals surface area contributed by atoms with Gasteiger partial charge in [-0.2, -0.15) is 0 Å². The van der Waals surface area contributed by atoms with Crippen LogP contribution in [-0.4, -0.2) is 40.5 Å². The van der Waals surface area contributed by atoms with E-state index in [0.717, 1.165) is 4.90 Å². The fourth-order valence-electron chi connectivity index (χ4n) is 2.33. The molecule has 0 N–H and O–H groups in total. The van der Waals surface area contributed by atoms with Crippen molar-refractivity contribution in [2.45, 2.75) is 39.3 Å². The van der Waals surface area contributed by atoms with Crippen molar-refractivity contribution < 1.29 is 24.0 Å². The third-order valence-electron chi connectivity index (χ3n) is 3.39. The molecule has 9 nitrogen and oxygen atoms in total. The first-order valence-corrected chi connectivity index (χ1v) is 7.22. The number of nitrogens with zero attached hydrogens (tertiary/aromatic N) is 3. The maximum Gasteiger partial charge on any atom is 0.366 e. The first-order valence-electron chi connectivity index (χ1n) is 7.22. The quantitative estimate of drug-likeness (QED) is 0.458. The highest BCUT2D eigenvalue weighted by Gasteiger charge is 2.43. The van der Waals surface area contributed by atoms with Crippen LogP contribution < -0.4 is 9.64 Å². The number of rotatable bonds is 5. The van der Waals surface area contributed by atoms with Gasteiger partial charge in [0.05, 0.1) is 6.61 Å². The number of carbonyl (C=O) groups is 2. The first kappa shape index (κ1) is 16.7. The Labute approximate surface area is 132 Å². The molecule has 0 fully saturated rings. The van der Waals surface area contributed by atoms with Crippen molar-refractivity contribution in [1.29, 1.82) is 0 Å². The molecule has 2 unspecified atom stereocenters. The van der Waals surface area contributed by atoms with E-state index in [4.69, 9.17) is 9.47 Å². The highest BCUT2D eigenvalue weighted by molar-refractivity contribution is 6.03. The van der Waals surface area contributed by atoms with Gasteiger partial charge in [-0.05, 0) is 36.2 Å². The Balaban J connectivity index is 2.53. The van der Waals surface area contributed by atoms with Crippen molar-refractivity contribution in [3.8, 4) is 5.75 Å². The number of anilines is 1. The largest absolute Gasteiger partial charge is 0.475 e. The van der Waals surface area contributed by atoms with Crippen LogP contribution in [0.25, 0.3) is 0 Å². The summed E-state index contributed by atoms with van der Waals surface area (Å²) < 4.78 is 10.4. The van der Waals surface area contributed by atoms with Gasteiger partial charge in [-0.1, -0.05) is 6.92 Å². The minimum absolute atomic E-state index is 0.0396. The number of fused-ring (bicyclic) bond motifs is 1. The van der Waals surface area contributed by atoms with Crippen LogP contribution in [0.5, 0.6) is 5.75 Å². The van der Waals surface area contributed by atoms with E-state index in [1.54, 1.807) is 13.8 Å². The molecule has 0 bridgehead atoms. The average molecular weight is 323 g/mol. The number of ether oxygens (including phenoxy) is 2. The van der Waals surface area contributed by atoms with E-state index >= 15 is 0 Å². The normalized spacial score (nSPS) is 18.0. The van der Waals surface area contributed by atoms with Crippen molar-refractivity contribution in [2.75, 3.05) is 11.5 Å². The summed E-state index contributed by atoms with van der Waals surface area (Å²) in [6.45, 7) is 5.08. The Morgan fingerprint density at radius 3 is 2.78 bits per heavy atom. The highest BCUT2D eigenvalue weighted by atomic mass is 16.6. The maximum atomic E-state index is 12.5. The number of hydrogen-bond donors (Lipinski definition) is 0. The van der Waals surface area contributed by atoms with Crippen LogP contribution in [0.4, 0.5) is 11.6 Å². The van der Waals surface area contributed by atoms with Gasteiger partial charge in [0.1, 0.15) is 6.04 Å². The lowest BCUT2D eigenvalue weighted by Crippen LogP contribution is -2.53. The standard InChI is InChI=1S/C14H17N3O6/c1-4-9(14(19)22-5-2)16-12-10(23-8(3)13(16)18)6-7-11(15-12)17(20)21/h6-9H,4-5H2,1-3H3. The van der Waals surface area contributed by atoms with E-state index in [0.29, 0.717) is 0 Å². The molecule has 23 heavy (non-hydrogen) atoms. The lowest BCUT2D eigenvalue weighted by Gasteiger charge is -2.33. The molecule has 2 rings (SSSR count). The van der Waals surface area contributed by atoms with Crippen LogP contribution in [0.2, 0.25) is 0 Å². The summed E-state index contributed by atoms with van der Waals surface area (Å²) in [5.41, 5.74) is 0. The summed E-state index contributed by atoms with van der Waals surface area (Å²) in [5, 5.41) is 10.9. The van der Waals surface area contributed by atoms with Gasteiger partial charge in [0, 0.05) is 6.07 Å². The lowest BCUT2D eigenvalue weighted by atomic mass is 10.1. The number of hydrogen-bond acceptors (Lipinski definition) is 7. The van der Waals surface area contributed by atoms with Crippen molar-refractivity contribution in [3.05, 3.63) is 22.2 Å². The zero-order valence-electron chi connectivity index (χ0n) is 13.0. The second kappa shape index (κ2) is 6.59. The molecule has 0 spiro atoms. The Morgan fingerprint density at radius 1 is 1.52 bits per heavy atom. The number of carbonyl (C=O) groups excluding carboxylic acids is 2. The predicted molar refractivity (Wildman–Crippen MR) is 79.2 cm³/mol. The van der Waals surface area contributed by atoms with Crippen molar-refractivity contribution in [2.24, 2.45) is 0 Å². The molecular formula is C14H17N3O6. The van der Waals surface area contributed by atoms with Gasteiger partial charge in [-0.25, -0.2) is 4.79 Å². The van der Waals surface area contributed by atoms with Crippen LogP contribution in [0, 0.1) is 10.1 Å². The summed E-state index contributed by atoms with van der Waals surface area (Å²) in [6, 6.07) is 1.64. The summed E-state index contributed by atoms with van der Waals surface area (Å²) in [7, 11) is 0. The van der Waals surface area contributed by atoms with Gasteiger partial charge < -0.3 is 19.6 Å². The number of aromatic nitrogens is 1. The summed E-state index contributed by atoms with van der Waals surface area (Å²) in [6.07, 6.45) is -0.546. The Hall–Kier alpha value is -2.71. The molecule has 0 saturated carbocycles. The summed E-state index contributed by atoms with van der Waals surface area (Å²) >= 11 is 0. The van der Waals surface area contributed by atoms with Crippen molar-refractivity contribution in [3.63, 3.8) is 0 Å². The zero-order chi connectivity index (χ0) is 17.1. The topological polar surface area (TPSA) is 112 Å². The minimum Gasteiger partial charge on any atom is -0.475 e. The van der Waals surface area contributed by atoms with E-state index in [2.05, 4.69) is 4.98 Å². The molecule has 0 saturated heterocycles. The molecule has 9 heteroatoms. The van der Waals surface area contributed by atoms with Crippen LogP contribution >= 0.6 is 0 Å². The Kier molecular flexibility index (Phi) is 4.77. The third kappa shape index (κ3) is 3.08. The minimum atomic E-state index is -0.915. The van der Waals surface area contributed by atoms with Crippen LogP contribution in [0.15, 0.2) is 12.1 Å². The SMILES string of the molecule is CCOC(=O)C(CC)N1C(=O)C(C)Oc2ccc([N+](=O)[O-])nc21. The van der Waals surface area contributed by atoms with Gasteiger partial charge in [0.15, 0.2) is 11.9 Å². The first-order chi connectivity index (χ1) is 10.9. The third-order valence-corrected chi connectivity index (χ3v) is 3.39. The molecular weight excluding hydrogens is 306 g/mol. The Morgan fingerprint density at radius 2 is 2.22 bits per heavy atom. The second-order valence-corrected chi connectivity index (χ2v) is 4.89. The number of esters is 1. The average Bonchev–Trinajstić information content (AvgIpc) is 2.51. The molecule has 0 radical (unpaired) electrons. The van der Waals surface area contributed by atoms with E-state index in [9.17, 15) is 19.7 Å². The van der Waals surface area contributed by atoms with Gasteiger partial charge in [-0.3, -0.25) is 9.69 Å². The monoisotopic (exact) mass is 323 g/mol. The van der Waals surface area contributed by atoms with Crippen molar-refractivity contribution >= 4 is 23.5 Å². The molecule has 1 aliphatic rings. The van der Waals surface area contributed by atoms with E-state index in [1.807, 2.05) is 0 Å². The van der Waals surface area contributed by atoms with Crippen LogP contribution in [0.3, 0.4) is 0 Å². The summed E-state index contributed by atoms with van der Waals surface area (Å²) in [5.74, 6) is -1.34. The molecule has 2 atom stereocenters. The van der Waals surface area contributed by atoms with Gasteiger partial charge >= 0.3 is 11.8 Å². The number of pyridine rings is 1. The second-order valence-electron chi connectivity index (χ2n) is 4.89. The predicted octanol–water partition coefficient (Wildman–Crippen LogP) is 1.45. The maximum absolute atomic E-state index is 12.5. The van der Waals surface area contributed by atoms with E-state index in [1.165, 1.54) is 19.1 Å². The Bertz CT molecular complexity index is 647. The zero-order valence-corrected chi connectivity index (χ0v) is 13.0. The van der Waals surface area contributed by atoms with Gasteiger partial charge in [-0.15, -0.1) is 0 Å². The number of nitro groups is 1. The molecule has 124 valence electrons. The molecule has 2 heterocycles. The van der Waals surface area contributed by atoms with Gasteiger partial charge in [0.2, 0.25) is 0 Å². The summed E-state index contributed by atoms with van der Waals surface area (Å²) in [4.78, 5) is 39.8. The van der Waals surface area contributed by atoms with Crippen LogP contribution in [0.1, 0.15) is 27.2 Å².